The fourth-order valence-electron chi connectivity index (χ4n) is 0.211. The first-order valence-corrected chi connectivity index (χ1v) is 2.19. The maximum atomic E-state index is 3.91. The first kappa shape index (κ1) is 5.54. The molecule has 0 N–H and O–H groups in total. The van der Waals surface area contributed by atoms with Gasteiger partial charge in [-0.25, -0.2) is 0 Å². The van der Waals surface area contributed by atoms with E-state index < -0.39 is 0 Å². The largest absolute Gasteiger partial charge is 0.294 e. The van der Waals surface area contributed by atoms with Gasteiger partial charge in [0.25, 0.3) is 0 Å². The van der Waals surface area contributed by atoms with Crippen LogP contribution in [0.3, 0.4) is 0 Å². The SMILES string of the molecule is C/C=C\[N]CC. The lowest BCUT2D eigenvalue weighted by Gasteiger charge is -1.80. The van der Waals surface area contributed by atoms with E-state index in [2.05, 4.69) is 5.32 Å². The summed E-state index contributed by atoms with van der Waals surface area (Å²) in [6.07, 6.45) is 3.73. The number of hydrogen-bond acceptors (Lipinski definition) is 0. The number of allylic oxidation sites excluding steroid dienone is 1. The molecule has 0 amide bonds. The van der Waals surface area contributed by atoms with Gasteiger partial charge in [-0.2, -0.15) is 0 Å². The molecule has 0 saturated carbocycles. The minimum absolute atomic E-state index is 0.893. The summed E-state index contributed by atoms with van der Waals surface area (Å²) in [5.74, 6) is 0. The molecule has 0 aliphatic heterocycles. The van der Waals surface area contributed by atoms with Crippen molar-refractivity contribution < 1.29 is 0 Å². The maximum Gasteiger partial charge on any atom is 0.0360 e. The molecule has 0 aromatic rings. The molecule has 0 heterocycles. The van der Waals surface area contributed by atoms with E-state index in [1.54, 1.807) is 6.20 Å². The monoisotopic (exact) mass is 84.1 g/mol. The molecule has 1 radical (unpaired) electrons. The molecule has 0 aliphatic rings. The summed E-state index contributed by atoms with van der Waals surface area (Å²) in [6, 6.07) is 0. The Hall–Kier alpha value is -0.460. The van der Waals surface area contributed by atoms with Crippen LogP contribution >= 0.6 is 0 Å². The molecular weight excluding hydrogens is 74.1 g/mol. The summed E-state index contributed by atoms with van der Waals surface area (Å²) >= 11 is 0. The minimum atomic E-state index is 0.893. The zero-order chi connectivity index (χ0) is 4.83. The summed E-state index contributed by atoms with van der Waals surface area (Å²) < 4.78 is 0. The molecule has 0 saturated heterocycles. The van der Waals surface area contributed by atoms with Gasteiger partial charge in [0.05, 0.1) is 0 Å². The van der Waals surface area contributed by atoms with Crippen molar-refractivity contribution in [3.63, 3.8) is 0 Å². The minimum Gasteiger partial charge on any atom is -0.294 e. The molecule has 0 bridgehead atoms. The van der Waals surface area contributed by atoms with Crippen LogP contribution in [0.5, 0.6) is 0 Å². The molecule has 1 heteroatoms. The fourth-order valence-corrected chi connectivity index (χ4v) is 0.211. The van der Waals surface area contributed by atoms with Gasteiger partial charge in [-0.1, -0.05) is 6.08 Å². The number of rotatable bonds is 2. The molecule has 0 aromatic heterocycles. The Kier molecular flexibility index (Phi) is 4.19. The first-order valence-electron chi connectivity index (χ1n) is 2.19. The van der Waals surface area contributed by atoms with E-state index in [1.807, 2.05) is 19.9 Å². The Labute approximate surface area is 39.1 Å². The Morgan fingerprint density at radius 2 is 2.33 bits per heavy atom. The Morgan fingerprint density at radius 1 is 1.67 bits per heavy atom. The first-order chi connectivity index (χ1) is 2.91. The second kappa shape index (κ2) is 4.54. The summed E-state index contributed by atoms with van der Waals surface area (Å²) in [5.41, 5.74) is 0. The number of nitrogens with zero attached hydrogens (tertiary/aromatic N) is 1. The van der Waals surface area contributed by atoms with Crippen molar-refractivity contribution in [2.45, 2.75) is 13.8 Å². The number of hydrogen-bond donors (Lipinski definition) is 0. The quantitative estimate of drug-likeness (QED) is 0.476. The third kappa shape index (κ3) is 3.54. The second-order valence-electron chi connectivity index (χ2n) is 0.981. The zero-order valence-electron chi connectivity index (χ0n) is 4.31. The van der Waals surface area contributed by atoms with E-state index in [9.17, 15) is 0 Å². The van der Waals surface area contributed by atoms with Crippen molar-refractivity contribution >= 4 is 0 Å². The average molecular weight is 84.1 g/mol. The van der Waals surface area contributed by atoms with Gasteiger partial charge in [-0.05, 0) is 13.8 Å². The summed E-state index contributed by atoms with van der Waals surface area (Å²) in [6.45, 7) is 4.86. The predicted octanol–water partition coefficient (Wildman–Crippen LogP) is 1.14. The van der Waals surface area contributed by atoms with E-state index in [4.69, 9.17) is 0 Å². The summed E-state index contributed by atoms with van der Waals surface area (Å²) in [4.78, 5) is 0. The highest BCUT2D eigenvalue weighted by Gasteiger charge is 1.62. The van der Waals surface area contributed by atoms with Crippen LogP contribution in [-0.4, -0.2) is 6.54 Å². The van der Waals surface area contributed by atoms with Crippen LogP contribution in [0.1, 0.15) is 13.8 Å². The molecular formula is C5H10N. The van der Waals surface area contributed by atoms with Gasteiger partial charge >= 0.3 is 0 Å². The highest BCUT2D eigenvalue weighted by Crippen LogP contribution is 1.62. The molecule has 0 spiro atoms. The predicted molar refractivity (Wildman–Crippen MR) is 27.5 cm³/mol. The maximum absolute atomic E-state index is 3.91. The normalized spacial score (nSPS) is 9.67. The van der Waals surface area contributed by atoms with Gasteiger partial charge in [-0.15, -0.1) is 0 Å². The van der Waals surface area contributed by atoms with E-state index in [0.717, 1.165) is 6.54 Å². The zero-order valence-corrected chi connectivity index (χ0v) is 4.31. The molecule has 0 fully saturated rings. The fraction of sp³-hybridized carbons (Fsp3) is 0.600. The van der Waals surface area contributed by atoms with Crippen molar-refractivity contribution in [2.24, 2.45) is 0 Å². The van der Waals surface area contributed by atoms with E-state index in [-0.39, 0.29) is 0 Å². The van der Waals surface area contributed by atoms with Crippen LogP contribution in [0.4, 0.5) is 0 Å². The lowest BCUT2D eigenvalue weighted by atomic mass is 10.6. The van der Waals surface area contributed by atoms with Crippen molar-refractivity contribution in [3.8, 4) is 0 Å². The molecule has 0 unspecified atom stereocenters. The lowest BCUT2D eigenvalue weighted by Crippen LogP contribution is -1.89. The van der Waals surface area contributed by atoms with Crippen molar-refractivity contribution in [2.75, 3.05) is 6.54 Å². The molecule has 0 atom stereocenters. The molecule has 1 nitrogen and oxygen atoms in total. The third-order valence-corrected chi connectivity index (χ3v) is 0.437. The van der Waals surface area contributed by atoms with Crippen LogP contribution < -0.4 is 5.32 Å². The van der Waals surface area contributed by atoms with Crippen LogP contribution in [0, 0.1) is 0 Å². The van der Waals surface area contributed by atoms with Gasteiger partial charge in [0.1, 0.15) is 0 Å². The Bertz CT molecular complexity index is 39.2. The molecule has 0 aliphatic carbocycles. The van der Waals surface area contributed by atoms with Crippen molar-refractivity contribution in [1.82, 2.24) is 5.32 Å². The Balaban J connectivity index is 2.66. The Morgan fingerprint density at radius 3 is 2.50 bits per heavy atom. The van der Waals surface area contributed by atoms with Gasteiger partial charge in [0.2, 0.25) is 0 Å². The van der Waals surface area contributed by atoms with Gasteiger partial charge in [0.15, 0.2) is 0 Å². The van der Waals surface area contributed by atoms with Gasteiger partial charge < -0.3 is 0 Å². The van der Waals surface area contributed by atoms with E-state index in [1.165, 1.54) is 0 Å². The molecule has 0 rings (SSSR count). The standard InChI is InChI=1S/C5H10N/c1-3-5-6-4-2/h3,5H,4H2,1-2H3/b5-3-. The lowest BCUT2D eigenvalue weighted by molar-refractivity contribution is 0.899. The summed E-state index contributed by atoms with van der Waals surface area (Å²) in [7, 11) is 0. The van der Waals surface area contributed by atoms with Crippen molar-refractivity contribution in [3.05, 3.63) is 12.3 Å². The highest BCUT2D eigenvalue weighted by atomic mass is 14.8. The van der Waals surface area contributed by atoms with E-state index in [0.29, 0.717) is 0 Å². The highest BCUT2D eigenvalue weighted by molar-refractivity contribution is 4.71. The molecule has 35 valence electrons. The second-order valence-corrected chi connectivity index (χ2v) is 0.981. The van der Waals surface area contributed by atoms with Crippen molar-refractivity contribution in [1.29, 1.82) is 0 Å². The van der Waals surface area contributed by atoms with Crippen LogP contribution in [0.25, 0.3) is 0 Å². The third-order valence-electron chi connectivity index (χ3n) is 0.437. The van der Waals surface area contributed by atoms with E-state index >= 15 is 0 Å². The van der Waals surface area contributed by atoms with Gasteiger partial charge in [-0.3, -0.25) is 5.32 Å². The molecule has 0 aromatic carbocycles. The molecule has 6 heavy (non-hydrogen) atoms. The van der Waals surface area contributed by atoms with Gasteiger partial charge in [0, 0.05) is 12.7 Å². The van der Waals surface area contributed by atoms with Crippen LogP contribution in [-0.2, 0) is 0 Å². The summed E-state index contributed by atoms with van der Waals surface area (Å²) in [5, 5.41) is 3.91. The van der Waals surface area contributed by atoms with Crippen LogP contribution in [0.2, 0.25) is 0 Å². The smallest absolute Gasteiger partial charge is 0.0360 e. The topological polar surface area (TPSA) is 14.1 Å². The van der Waals surface area contributed by atoms with Crippen LogP contribution in [0.15, 0.2) is 12.3 Å². The average Bonchev–Trinajstić information content (AvgIpc) is 1.61.